The normalized spacial score (nSPS) is 18.3. The molecule has 0 amide bonds. The number of benzene rings is 1. The van der Waals surface area contributed by atoms with E-state index in [1.54, 1.807) is 6.07 Å². The van der Waals surface area contributed by atoms with Gasteiger partial charge in [-0.25, -0.2) is 4.39 Å². The van der Waals surface area contributed by atoms with Gasteiger partial charge in [-0.15, -0.1) is 0 Å². The van der Waals surface area contributed by atoms with Gasteiger partial charge in [0.2, 0.25) is 0 Å². The van der Waals surface area contributed by atoms with Crippen molar-refractivity contribution in [2.45, 2.75) is 38.8 Å². The van der Waals surface area contributed by atoms with E-state index in [0.717, 1.165) is 32.6 Å². The third-order valence-corrected chi connectivity index (χ3v) is 3.42. The molecule has 0 bridgehead atoms. The Morgan fingerprint density at radius 1 is 1.42 bits per heavy atom. The van der Waals surface area contributed by atoms with Crippen LogP contribution in [0.2, 0.25) is 0 Å². The van der Waals surface area contributed by atoms with Crippen LogP contribution >= 0.6 is 0 Å². The molecule has 1 aliphatic rings. The topological polar surface area (TPSA) is 30.5 Å². The zero-order chi connectivity index (χ0) is 13.7. The average molecular weight is 267 g/mol. The molecular formula is C15H22FNO2. The lowest BCUT2D eigenvalue weighted by Gasteiger charge is -2.26. The molecule has 106 valence electrons. The van der Waals surface area contributed by atoms with E-state index in [0.29, 0.717) is 11.3 Å². The lowest BCUT2D eigenvalue weighted by atomic mass is 10.1. The summed E-state index contributed by atoms with van der Waals surface area (Å²) in [6.07, 6.45) is 1.86. The Labute approximate surface area is 114 Å². The van der Waals surface area contributed by atoms with Crippen LogP contribution in [-0.2, 0) is 4.74 Å². The Bertz CT molecular complexity index is 405. The van der Waals surface area contributed by atoms with Crippen molar-refractivity contribution in [3.05, 3.63) is 29.6 Å². The van der Waals surface area contributed by atoms with E-state index in [-0.39, 0.29) is 18.0 Å². The fourth-order valence-electron chi connectivity index (χ4n) is 2.42. The molecule has 2 rings (SSSR count). The van der Waals surface area contributed by atoms with E-state index >= 15 is 0 Å². The van der Waals surface area contributed by atoms with Crippen LogP contribution in [0.1, 0.15) is 38.3 Å². The van der Waals surface area contributed by atoms with Crippen LogP contribution in [0, 0.1) is 5.82 Å². The Morgan fingerprint density at radius 2 is 2.16 bits per heavy atom. The second kappa shape index (κ2) is 6.87. The van der Waals surface area contributed by atoms with Gasteiger partial charge in [-0.05, 0) is 25.6 Å². The molecule has 0 aliphatic carbocycles. The first-order valence-corrected chi connectivity index (χ1v) is 6.98. The molecule has 19 heavy (non-hydrogen) atoms. The quantitative estimate of drug-likeness (QED) is 0.889. The Morgan fingerprint density at radius 3 is 2.84 bits per heavy atom. The van der Waals surface area contributed by atoms with Crippen LogP contribution in [0.4, 0.5) is 4.39 Å². The van der Waals surface area contributed by atoms with Crippen LogP contribution in [0.15, 0.2) is 18.2 Å². The molecule has 0 saturated carbocycles. The van der Waals surface area contributed by atoms with Gasteiger partial charge in [-0.2, -0.15) is 0 Å². The first-order valence-electron chi connectivity index (χ1n) is 6.98. The van der Waals surface area contributed by atoms with Gasteiger partial charge in [0.1, 0.15) is 17.7 Å². The highest BCUT2D eigenvalue weighted by molar-refractivity contribution is 5.37. The van der Waals surface area contributed by atoms with E-state index in [9.17, 15) is 4.39 Å². The summed E-state index contributed by atoms with van der Waals surface area (Å²) in [7, 11) is 0. The summed E-state index contributed by atoms with van der Waals surface area (Å²) >= 11 is 0. The molecule has 3 nitrogen and oxygen atoms in total. The minimum absolute atomic E-state index is 0.0546. The number of hydrogen-bond donors (Lipinski definition) is 1. The van der Waals surface area contributed by atoms with Gasteiger partial charge in [-0.3, -0.25) is 0 Å². The van der Waals surface area contributed by atoms with Gasteiger partial charge in [0.15, 0.2) is 0 Å². The second-order valence-electron chi connectivity index (χ2n) is 4.86. The maximum Gasteiger partial charge on any atom is 0.131 e. The average Bonchev–Trinajstić information content (AvgIpc) is 2.40. The van der Waals surface area contributed by atoms with Crippen molar-refractivity contribution in [1.82, 2.24) is 5.32 Å². The highest BCUT2D eigenvalue weighted by Crippen LogP contribution is 2.30. The summed E-state index contributed by atoms with van der Waals surface area (Å²) in [5.74, 6) is 0.443. The maximum absolute atomic E-state index is 14.0. The minimum atomic E-state index is -0.210. The van der Waals surface area contributed by atoms with Crippen molar-refractivity contribution >= 4 is 0 Å². The molecule has 0 spiro atoms. The van der Waals surface area contributed by atoms with E-state index in [4.69, 9.17) is 9.47 Å². The monoisotopic (exact) mass is 267 g/mol. The predicted octanol–water partition coefficient (Wildman–Crippen LogP) is 3.05. The van der Waals surface area contributed by atoms with Crippen molar-refractivity contribution in [2.24, 2.45) is 0 Å². The van der Waals surface area contributed by atoms with E-state index in [2.05, 4.69) is 5.32 Å². The lowest BCUT2D eigenvalue weighted by molar-refractivity contribution is 0.0249. The summed E-state index contributed by atoms with van der Waals surface area (Å²) < 4.78 is 25.3. The molecular weight excluding hydrogens is 245 g/mol. The number of nitrogens with one attached hydrogen (secondary N) is 1. The Kier molecular flexibility index (Phi) is 5.16. The smallest absolute Gasteiger partial charge is 0.131 e. The van der Waals surface area contributed by atoms with Crippen LogP contribution in [0.5, 0.6) is 5.75 Å². The predicted molar refractivity (Wildman–Crippen MR) is 73.0 cm³/mol. The second-order valence-corrected chi connectivity index (χ2v) is 4.86. The van der Waals surface area contributed by atoms with Crippen molar-refractivity contribution in [2.75, 3.05) is 19.8 Å². The highest BCUT2D eigenvalue weighted by Gasteiger charge is 2.20. The molecule has 1 unspecified atom stereocenters. The summed E-state index contributed by atoms with van der Waals surface area (Å²) in [6.45, 7) is 6.21. The molecule has 1 N–H and O–H groups in total. The lowest BCUT2D eigenvalue weighted by Crippen LogP contribution is -2.27. The van der Waals surface area contributed by atoms with Crippen molar-refractivity contribution in [3.63, 3.8) is 0 Å². The highest BCUT2D eigenvalue weighted by atomic mass is 19.1. The molecule has 1 saturated heterocycles. The van der Waals surface area contributed by atoms with Crippen molar-refractivity contribution in [1.29, 1.82) is 0 Å². The molecule has 1 aromatic carbocycles. The van der Waals surface area contributed by atoms with Gasteiger partial charge >= 0.3 is 0 Å². The molecule has 1 atom stereocenters. The third kappa shape index (κ3) is 3.67. The molecule has 4 heteroatoms. The first-order chi connectivity index (χ1) is 9.22. The number of halogens is 1. The van der Waals surface area contributed by atoms with Gasteiger partial charge in [-0.1, -0.05) is 13.0 Å². The Balaban J connectivity index is 2.16. The summed E-state index contributed by atoms with van der Waals surface area (Å²) in [4.78, 5) is 0. The van der Waals surface area contributed by atoms with Crippen LogP contribution in [0.3, 0.4) is 0 Å². The molecule has 1 aromatic rings. The van der Waals surface area contributed by atoms with Gasteiger partial charge in [0.05, 0.1) is 13.2 Å². The molecule has 1 fully saturated rings. The number of rotatable bonds is 5. The van der Waals surface area contributed by atoms with Crippen LogP contribution < -0.4 is 10.1 Å². The van der Waals surface area contributed by atoms with Crippen molar-refractivity contribution < 1.29 is 13.9 Å². The van der Waals surface area contributed by atoms with Crippen molar-refractivity contribution in [3.8, 4) is 5.75 Å². The van der Waals surface area contributed by atoms with E-state index in [1.165, 1.54) is 6.07 Å². The van der Waals surface area contributed by atoms with Crippen LogP contribution in [0.25, 0.3) is 0 Å². The summed E-state index contributed by atoms with van der Waals surface area (Å²) in [5, 5.41) is 3.24. The molecule has 1 aliphatic heterocycles. The Hall–Kier alpha value is -1.13. The standard InChI is InChI=1S/C15H22FNO2/c1-3-17-11(2)15-13(16)5-4-6-14(15)19-12-7-9-18-10-8-12/h4-6,11-12,17H,3,7-10H2,1-2H3. The van der Waals surface area contributed by atoms with E-state index < -0.39 is 0 Å². The summed E-state index contributed by atoms with van der Waals surface area (Å²) in [5.41, 5.74) is 0.621. The zero-order valence-corrected chi connectivity index (χ0v) is 11.6. The molecule has 0 aromatic heterocycles. The fraction of sp³-hybridized carbons (Fsp3) is 0.600. The van der Waals surface area contributed by atoms with E-state index in [1.807, 2.05) is 19.9 Å². The third-order valence-electron chi connectivity index (χ3n) is 3.42. The number of ether oxygens (including phenoxy) is 2. The first kappa shape index (κ1) is 14.3. The maximum atomic E-state index is 14.0. The fourth-order valence-corrected chi connectivity index (χ4v) is 2.42. The molecule has 0 radical (unpaired) electrons. The van der Waals surface area contributed by atoms with Gasteiger partial charge < -0.3 is 14.8 Å². The largest absolute Gasteiger partial charge is 0.490 e. The minimum Gasteiger partial charge on any atom is -0.490 e. The van der Waals surface area contributed by atoms with Crippen LogP contribution in [-0.4, -0.2) is 25.9 Å². The SMILES string of the molecule is CCNC(C)c1c(F)cccc1OC1CCOCC1. The summed E-state index contributed by atoms with van der Waals surface area (Å²) in [6, 6.07) is 4.98. The zero-order valence-electron chi connectivity index (χ0n) is 11.6. The van der Waals surface area contributed by atoms with Gasteiger partial charge in [0, 0.05) is 24.4 Å². The molecule has 1 heterocycles. The van der Waals surface area contributed by atoms with Gasteiger partial charge in [0.25, 0.3) is 0 Å². The number of hydrogen-bond acceptors (Lipinski definition) is 3.